The molecule has 0 heterocycles. The van der Waals surface area contributed by atoms with E-state index in [2.05, 4.69) is 142 Å². The minimum atomic E-state index is -0.804. The summed E-state index contributed by atoms with van der Waals surface area (Å²) in [7, 11) is 0. The molecule has 450 valence electrons. The quantitative estimate of drug-likeness (QED) is 0.0261. The number of carbonyl (C=O) groups excluding carboxylic acids is 3. The van der Waals surface area contributed by atoms with Gasteiger partial charge in [-0.3, -0.25) is 14.4 Å². The maximum Gasteiger partial charge on any atom is 0.306 e. The Morgan fingerprint density at radius 2 is 0.494 bits per heavy atom. The van der Waals surface area contributed by atoms with Crippen LogP contribution in [0, 0.1) is 0 Å². The number of esters is 3. The Balaban J connectivity index is 4.46. The van der Waals surface area contributed by atoms with Crippen molar-refractivity contribution in [2.45, 2.75) is 309 Å². The molecule has 6 nitrogen and oxygen atoms in total. The van der Waals surface area contributed by atoms with E-state index in [1.165, 1.54) is 128 Å². The van der Waals surface area contributed by atoms with Crippen LogP contribution < -0.4 is 0 Å². The first kappa shape index (κ1) is 74.8. The number of carbonyl (C=O) groups is 3. The zero-order valence-electron chi connectivity index (χ0n) is 51.6. The molecule has 0 bridgehead atoms. The van der Waals surface area contributed by atoms with Gasteiger partial charge >= 0.3 is 17.9 Å². The monoisotopic (exact) mass is 1090 g/mol. The largest absolute Gasteiger partial charge is 0.462 e. The summed E-state index contributed by atoms with van der Waals surface area (Å²) in [6.07, 6.45) is 92.0. The number of rotatable bonds is 59. The average Bonchev–Trinajstić information content (AvgIpc) is 3.45. The van der Waals surface area contributed by atoms with E-state index in [0.717, 1.165) is 135 Å². The summed E-state index contributed by atoms with van der Waals surface area (Å²) >= 11 is 0. The molecule has 0 spiro atoms. The molecule has 1 unspecified atom stereocenters. The third kappa shape index (κ3) is 64.5. The van der Waals surface area contributed by atoms with Crippen molar-refractivity contribution in [2.24, 2.45) is 0 Å². The van der Waals surface area contributed by atoms with Crippen molar-refractivity contribution in [2.75, 3.05) is 13.2 Å². The molecule has 6 heteroatoms. The molecule has 0 saturated carbocycles. The molecule has 0 amide bonds. The van der Waals surface area contributed by atoms with Crippen LogP contribution in [0.4, 0.5) is 0 Å². The van der Waals surface area contributed by atoms with Gasteiger partial charge in [-0.2, -0.15) is 0 Å². The normalized spacial score (nSPS) is 12.9. The molecule has 0 aliphatic rings. The lowest BCUT2D eigenvalue weighted by Crippen LogP contribution is -2.30. The molecule has 0 aromatic carbocycles. The Kier molecular flexibility index (Phi) is 62.8. The highest BCUT2D eigenvalue weighted by Gasteiger charge is 2.19. The molecular weight excluding hydrogens is 973 g/mol. The van der Waals surface area contributed by atoms with Gasteiger partial charge < -0.3 is 14.2 Å². The van der Waals surface area contributed by atoms with Crippen molar-refractivity contribution >= 4 is 17.9 Å². The minimum Gasteiger partial charge on any atom is -0.462 e. The van der Waals surface area contributed by atoms with Crippen LogP contribution >= 0.6 is 0 Å². The molecule has 0 aliphatic heterocycles. The summed E-state index contributed by atoms with van der Waals surface area (Å²) in [6.45, 7) is 6.41. The summed E-state index contributed by atoms with van der Waals surface area (Å²) in [6, 6.07) is 0. The maximum atomic E-state index is 12.9. The molecule has 0 aromatic heterocycles. The van der Waals surface area contributed by atoms with E-state index in [1.807, 2.05) is 0 Å². The Morgan fingerprint density at radius 3 is 0.785 bits per heavy atom. The third-order valence-electron chi connectivity index (χ3n) is 14.0. The van der Waals surface area contributed by atoms with Crippen LogP contribution in [-0.2, 0) is 28.6 Å². The first-order chi connectivity index (χ1) is 39.0. The van der Waals surface area contributed by atoms with Crippen LogP contribution in [0.1, 0.15) is 303 Å². The fourth-order valence-corrected chi connectivity index (χ4v) is 9.09. The van der Waals surface area contributed by atoms with Gasteiger partial charge in [0.2, 0.25) is 0 Å². The summed E-state index contributed by atoms with van der Waals surface area (Å²) < 4.78 is 16.9. The molecule has 0 aromatic rings. The zero-order chi connectivity index (χ0) is 57.1. The smallest absolute Gasteiger partial charge is 0.306 e. The molecule has 0 saturated heterocycles. The lowest BCUT2D eigenvalue weighted by Gasteiger charge is -2.18. The predicted octanol–water partition coefficient (Wildman–Crippen LogP) is 22.8. The van der Waals surface area contributed by atoms with Crippen LogP contribution in [0.5, 0.6) is 0 Å². The molecule has 0 fully saturated rings. The summed E-state index contributed by atoms with van der Waals surface area (Å²) in [5.41, 5.74) is 0. The topological polar surface area (TPSA) is 78.9 Å². The average molecular weight is 1100 g/mol. The summed E-state index contributed by atoms with van der Waals surface area (Å²) in [5.74, 6) is -0.930. The standard InChI is InChI=1S/C73H122O6/c1-4-7-10-13-16-19-22-25-28-31-34-35-36-37-40-42-45-48-51-54-57-60-63-66-72(75)78-69-70(79-73(76)67-64-61-58-55-52-49-46-43-39-33-30-27-24-21-18-15-12-9-6-3)68-77-71(74)65-62-59-56-53-50-47-44-41-38-32-29-26-23-20-17-14-11-8-5-2/h7,9-10,12,16,18-19,21,25,27-28,30,34-35,37,39-40,43,49,52,70H,4-6,8,11,13-15,17,20,22-24,26,29,31-33,36,38,41-42,44-48,50-51,53-69H2,1-3H3/b10-7-,12-9-,19-16-,21-18-,28-25-,30-27-,35-34-,40-37-,43-39-,52-49-. The van der Waals surface area contributed by atoms with Gasteiger partial charge in [0.25, 0.3) is 0 Å². The Morgan fingerprint density at radius 1 is 0.266 bits per heavy atom. The van der Waals surface area contributed by atoms with Crippen LogP contribution in [0.15, 0.2) is 122 Å². The SMILES string of the molecule is CC/C=C\C/C=C\C/C=C\C/C=C\C/C=C\CCCCCCCCCC(=O)OCC(COC(=O)CCCCCCCCCCCCCCCCCCCCC)OC(=O)CCCCC/C=C\C/C=C\C/C=C\C/C=C\C/C=C\CC. The van der Waals surface area contributed by atoms with Crippen molar-refractivity contribution in [3.05, 3.63) is 122 Å². The highest BCUT2D eigenvalue weighted by Crippen LogP contribution is 2.16. The van der Waals surface area contributed by atoms with E-state index in [4.69, 9.17) is 14.2 Å². The number of unbranched alkanes of at least 4 members (excludes halogenated alkanes) is 28. The van der Waals surface area contributed by atoms with Crippen LogP contribution in [0.2, 0.25) is 0 Å². The molecule has 1 atom stereocenters. The van der Waals surface area contributed by atoms with E-state index < -0.39 is 6.10 Å². The fourth-order valence-electron chi connectivity index (χ4n) is 9.09. The van der Waals surface area contributed by atoms with Crippen molar-refractivity contribution in [3.8, 4) is 0 Å². The van der Waals surface area contributed by atoms with E-state index in [9.17, 15) is 14.4 Å². The van der Waals surface area contributed by atoms with Crippen LogP contribution in [0.25, 0.3) is 0 Å². The van der Waals surface area contributed by atoms with Gasteiger partial charge in [0.15, 0.2) is 6.10 Å². The molecular formula is C73H122O6. The van der Waals surface area contributed by atoms with Crippen molar-refractivity contribution < 1.29 is 28.6 Å². The number of hydrogen-bond donors (Lipinski definition) is 0. The van der Waals surface area contributed by atoms with Gasteiger partial charge in [0.05, 0.1) is 0 Å². The Hall–Kier alpha value is -4.19. The second-order valence-corrected chi connectivity index (χ2v) is 21.6. The zero-order valence-corrected chi connectivity index (χ0v) is 51.6. The number of hydrogen-bond acceptors (Lipinski definition) is 6. The minimum absolute atomic E-state index is 0.0951. The van der Waals surface area contributed by atoms with Gasteiger partial charge in [-0.15, -0.1) is 0 Å². The second kappa shape index (κ2) is 66.3. The predicted molar refractivity (Wildman–Crippen MR) is 343 cm³/mol. The summed E-state index contributed by atoms with van der Waals surface area (Å²) in [4.78, 5) is 38.4. The molecule has 0 radical (unpaired) electrons. The van der Waals surface area contributed by atoms with Crippen LogP contribution in [0.3, 0.4) is 0 Å². The molecule has 0 N–H and O–H groups in total. The Labute approximate surface area is 488 Å². The maximum absolute atomic E-state index is 12.9. The highest BCUT2D eigenvalue weighted by atomic mass is 16.6. The highest BCUT2D eigenvalue weighted by molar-refractivity contribution is 5.71. The van der Waals surface area contributed by atoms with Gasteiger partial charge in [-0.1, -0.05) is 296 Å². The first-order valence-electron chi connectivity index (χ1n) is 33.0. The van der Waals surface area contributed by atoms with Gasteiger partial charge in [0.1, 0.15) is 13.2 Å². The number of ether oxygens (including phenoxy) is 3. The van der Waals surface area contributed by atoms with Crippen molar-refractivity contribution in [3.63, 3.8) is 0 Å². The Bertz CT molecular complexity index is 1640. The van der Waals surface area contributed by atoms with E-state index in [-0.39, 0.29) is 37.5 Å². The number of allylic oxidation sites excluding steroid dienone is 20. The van der Waals surface area contributed by atoms with Crippen molar-refractivity contribution in [1.82, 2.24) is 0 Å². The van der Waals surface area contributed by atoms with Crippen molar-refractivity contribution in [1.29, 1.82) is 0 Å². The fraction of sp³-hybridized carbons (Fsp3) is 0.685. The van der Waals surface area contributed by atoms with E-state index >= 15 is 0 Å². The molecule has 0 rings (SSSR count). The van der Waals surface area contributed by atoms with Crippen LogP contribution in [-0.4, -0.2) is 37.2 Å². The van der Waals surface area contributed by atoms with Gasteiger partial charge in [0, 0.05) is 19.3 Å². The molecule has 0 aliphatic carbocycles. The summed E-state index contributed by atoms with van der Waals surface area (Å²) in [5, 5.41) is 0. The van der Waals surface area contributed by atoms with E-state index in [1.54, 1.807) is 0 Å². The molecule has 79 heavy (non-hydrogen) atoms. The third-order valence-corrected chi connectivity index (χ3v) is 14.0. The first-order valence-corrected chi connectivity index (χ1v) is 33.0. The lowest BCUT2D eigenvalue weighted by molar-refractivity contribution is -0.167. The lowest BCUT2D eigenvalue weighted by atomic mass is 10.0. The van der Waals surface area contributed by atoms with E-state index in [0.29, 0.717) is 12.8 Å². The van der Waals surface area contributed by atoms with Gasteiger partial charge in [-0.05, 0) is 109 Å². The van der Waals surface area contributed by atoms with Gasteiger partial charge in [-0.25, -0.2) is 0 Å². The second-order valence-electron chi connectivity index (χ2n) is 21.6.